The molecule has 1 N–H and O–H groups in total. The van der Waals surface area contributed by atoms with Gasteiger partial charge in [0, 0.05) is 11.9 Å². The Morgan fingerprint density at radius 2 is 1.62 bits per heavy atom. The predicted octanol–water partition coefficient (Wildman–Crippen LogP) is 5.02. The molecule has 1 aromatic heterocycles. The van der Waals surface area contributed by atoms with E-state index in [9.17, 15) is 31.1 Å². The average Bonchev–Trinajstić information content (AvgIpc) is 2.45. The van der Waals surface area contributed by atoms with E-state index in [4.69, 9.17) is 11.6 Å². The van der Waals surface area contributed by atoms with Crippen LogP contribution in [0.1, 0.15) is 21.5 Å². The molecule has 0 atom stereocenters. The van der Waals surface area contributed by atoms with E-state index < -0.39 is 40.1 Å². The Morgan fingerprint density at radius 3 is 2.21 bits per heavy atom. The van der Waals surface area contributed by atoms with Crippen molar-refractivity contribution in [2.75, 3.05) is 5.32 Å². The van der Waals surface area contributed by atoms with Crippen molar-refractivity contribution in [3.05, 3.63) is 58.4 Å². The minimum absolute atomic E-state index is 0.247. The molecule has 0 aliphatic rings. The Kier molecular flexibility index (Phi) is 4.75. The summed E-state index contributed by atoms with van der Waals surface area (Å²) < 4.78 is 75.7. The Bertz CT molecular complexity index is 773. The van der Waals surface area contributed by atoms with Crippen molar-refractivity contribution >= 4 is 23.2 Å². The Labute approximate surface area is 136 Å². The molecular formula is C14H7ClF6N2O. The Balaban J connectivity index is 2.31. The molecule has 0 bridgehead atoms. The third-order valence-corrected chi connectivity index (χ3v) is 3.16. The topological polar surface area (TPSA) is 42.0 Å². The minimum Gasteiger partial charge on any atom is -0.322 e. The molecule has 0 saturated carbocycles. The number of hydrogen-bond donors (Lipinski definition) is 1. The Morgan fingerprint density at radius 1 is 1.00 bits per heavy atom. The molecule has 0 saturated heterocycles. The number of anilines is 1. The van der Waals surface area contributed by atoms with Gasteiger partial charge in [0.2, 0.25) is 0 Å². The third-order valence-electron chi connectivity index (χ3n) is 2.86. The second-order valence-electron chi connectivity index (χ2n) is 4.59. The fraction of sp³-hybridized carbons (Fsp3) is 0.143. The maximum absolute atomic E-state index is 12.6. The van der Waals surface area contributed by atoms with Crippen LogP contribution in [0.15, 0.2) is 36.5 Å². The molecule has 1 aromatic carbocycles. The van der Waals surface area contributed by atoms with Gasteiger partial charge in [-0.2, -0.15) is 26.3 Å². The van der Waals surface area contributed by atoms with Gasteiger partial charge in [-0.3, -0.25) is 4.79 Å². The first kappa shape index (κ1) is 18.1. The van der Waals surface area contributed by atoms with E-state index in [2.05, 4.69) is 10.3 Å². The molecule has 3 nitrogen and oxygen atoms in total. The predicted molar refractivity (Wildman–Crippen MR) is 73.6 cm³/mol. The lowest BCUT2D eigenvalue weighted by Crippen LogP contribution is -2.16. The van der Waals surface area contributed by atoms with Crippen LogP contribution in [-0.2, 0) is 12.4 Å². The van der Waals surface area contributed by atoms with E-state index in [0.717, 1.165) is 18.2 Å². The number of halogens is 7. The second-order valence-corrected chi connectivity index (χ2v) is 4.95. The zero-order valence-corrected chi connectivity index (χ0v) is 12.2. The molecular weight excluding hydrogens is 362 g/mol. The van der Waals surface area contributed by atoms with Crippen molar-refractivity contribution < 1.29 is 31.1 Å². The number of carbonyl (C=O) groups is 1. The summed E-state index contributed by atoms with van der Waals surface area (Å²) in [5, 5.41) is 1.55. The largest absolute Gasteiger partial charge is 0.417 e. The van der Waals surface area contributed by atoms with E-state index in [0.29, 0.717) is 18.3 Å². The molecule has 1 heterocycles. The number of pyridine rings is 1. The van der Waals surface area contributed by atoms with Crippen LogP contribution >= 0.6 is 11.6 Å². The van der Waals surface area contributed by atoms with Crippen molar-refractivity contribution in [3.63, 3.8) is 0 Å². The number of carbonyl (C=O) groups excluding carboxylic acids is 1. The zero-order chi connectivity index (χ0) is 18.1. The molecule has 128 valence electrons. The third kappa shape index (κ3) is 4.16. The van der Waals surface area contributed by atoms with Crippen LogP contribution in [0.5, 0.6) is 0 Å². The first-order valence-corrected chi connectivity index (χ1v) is 6.57. The zero-order valence-electron chi connectivity index (χ0n) is 11.5. The smallest absolute Gasteiger partial charge is 0.322 e. The normalized spacial score (nSPS) is 12.1. The maximum Gasteiger partial charge on any atom is 0.417 e. The lowest BCUT2D eigenvalue weighted by Gasteiger charge is -2.12. The van der Waals surface area contributed by atoms with Crippen LogP contribution in [-0.4, -0.2) is 10.9 Å². The van der Waals surface area contributed by atoms with Crippen molar-refractivity contribution in [1.29, 1.82) is 0 Å². The van der Waals surface area contributed by atoms with Gasteiger partial charge < -0.3 is 5.32 Å². The summed E-state index contributed by atoms with van der Waals surface area (Å²) in [6.45, 7) is 0. The van der Waals surface area contributed by atoms with E-state index in [1.165, 1.54) is 0 Å². The van der Waals surface area contributed by atoms with Crippen LogP contribution in [0.2, 0.25) is 5.15 Å². The van der Waals surface area contributed by atoms with Gasteiger partial charge in [-0.15, -0.1) is 0 Å². The highest BCUT2D eigenvalue weighted by atomic mass is 35.5. The van der Waals surface area contributed by atoms with E-state index in [1.807, 2.05) is 0 Å². The number of alkyl halides is 6. The monoisotopic (exact) mass is 368 g/mol. The lowest BCUT2D eigenvalue weighted by atomic mass is 10.1. The first-order valence-electron chi connectivity index (χ1n) is 6.20. The fourth-order valence-electron chi connectivity index (χ4n) is 1.73. The van der Waals surface area contributed by atoms with Crippen molar-refractivity contribution in [2.24, 2.45) is 0 Å². The summed E-state index contributed by atoms with van der Waals surface area (Å²) in [6, 6.07) is 4.10. The standard InChI is InChI=1S/C14H7ClF6N2O/c15-11-10(5-8(6-22-11)14(19,20)21)12(24)23-9-3-1-2-7(4-9)13(16,17)18/h1-6H,(H,23,24). The van der Waals surface area contributed by atoms with Gasteiger partial charge in [0.25, 0.3) is 5.91 Å². The lowest BCUT2D eigenvalue weighted by molar-refractivity contribution is -0.138. The van der Waals surface area contributed by atoms with Crippen molar-refractivity contribution in [3.8, 4) is 0 Å². The number of aromatic nitrogens is 1. The summed E-state index contributed by atoms with van der Waals surface area (Å²) in [7, 11) is 0. The van der Waals surface area contributed by atoms with Gasteiger partial charge in [0.1, 0.15) is 5.15 Å². The number of rotatable bonds is 2. The quantitative estimate of drug-likeness (QED) is 0.597. The molecule has 0 radical (unpaired) electrons. The van der Waals surface area contributed by atoms with Crippen LogP contribution in [0.3, 0.4) is 0 Å². The van der Waals surface area contributed by atoms with Gasteiger partial charge >= 0.3 is 12.4 Å². The Hall–Kier alpha value is -2.29. The number of benzene rings is 1. The highest BCUT2D eigenvalue weighted by molar-refractivity contribution is 6.33. The highest BCUT2D eigenvalue weighted by Crippen LogP contribution is 2.32. The van der Waals surface area contributed by atoms with Crippen LogP contribution in [0, 0.1) is 0 Å². The van der Waals surface area contributed by atoms with Gasteiger partial charge in [-0.1, -0.05) is 17.7 Å². The first-order chi connectivity index (χ1) is 11.0. The van der Waals surface area contributed by atoms with Gasteiger partial charge in [0.05, 0.1) is 16.7 Å². The van der Waals surface area contributed by atoms with Gasteiger partial charge in [-0.25, -0.2) is 4.98 Å². The summed E-state index contributed by atoms with van der Waals surface area (Å²) in [6.07, 6.45) is -8.93. The van der Waals surface area contributed by atoms with Gasteiger partial charge in [0.15, 0.2) is 0 Å². The molecule has 0 unspecified atom stereocenters. The second kappa shape index (κ2) is 6.31. The number of hydrogen-bond acceptors (Lipinski definition) is 2. The summed E-state index contributed by atoms with van der Waals surface area (Å²) in [5.74, 6) is -1.11. The van der Waals surface area contributed by atoms with Crippen LogP contribution < -0.4 is 5.32 Å². The minimum atomic E-state index is -4.75. The number of nitrogens with one attached hydrogen (secondary N) is 1. The van der Waals surface area contributed by atoms with Crippen LogP contribution in [0.4, 0.5) is 32.0 Å². The number of amides is 1. The molecule has 2 aromatic rings. The van der Waals surface area contributed by atoms with E-state index >= 15 is 0 Å². The van der Waals surface area contributed by atoms with E-state index in [1.54, 1.807) is 0 Å². The molecule has 10 heteroatoms. The van der Waals surface area contributed by atoms with Crippen molar-refractivity contribution in [1.82, 2.24) is 4.98 Å². The fourth-order valence-corrected chi connectivity index (χ4v) is 1.92. The highest BCUT2D eigenvalue weighted by Gasteiger charge is 2.33. The number of nitrogens with zero attached hydrogens (tertiary/aromatic N) is 1. The maximum atomic E-state index is 12.6. The molecule has 0 fully saturated rings. The molecule has 0 spiro atoms. The molecule has 24 heavy (non-hydrogen) atoms. The van der Waals surface area contributed by atoms with E-state index in [-0.39, 0.29) is 5.69 Å². The summed E-state index contributed by atoms with van der Waals surface area (Å²) in [4.78, 5) is 15.3. The van der Waals surface area contributed by atoms with Crippen molar-refractivity contribution in [2.45, 2.75) is 12.4 Å². The average molecular weight is 369 g/mol. The summed E-state index contributed by atoms with van der Waals surface area (Å²) >= 11 is 5.59. The van der Waals surface area contributed by atoms with Gasteiger partial charge in [-0.05, 0) is 24.3 Å². The van der Waals surface area contributed by atoms with Crippen LogP contribution in [0.25, 0.3) is 0 Å². The summed E-state index contributed by atoms with van der Waals surface area (Å²) in [5.41, 5.74) is -3.08. The molecule has 1 amide bonds. The molecule has 0 aliphatic carbocycles. The SMILES string of the molecule is O=C(Nc1cccc(C(F)(F)F)c1)c1cc(C(F)(F)F)cnc1Cl. The molecule has 2 rings (SSSR count). The molecule has 0 aliphatic heterocycles.